The first-order valence-corrected chi connectivity index (χ1v) is 14.6. The number of methoxy groups -OCH3 is 6. The van der Waals surface area contributed by atoms with Gasteiger partial charge in [-0.15, -0.1) is 0 Å². The highest BCUT2D eigenvalue weighted by Gasteiger charge is 2.13. The van der Waals surface area contributed by atoms with Crippen molar-refractivity contribution in [3.63, 3.8) is 0 Å². The minimum Gasteiger partial charge on any atom is -0.493 e. The van der Waals surface area contributed by atoms with Crippen LogP contribution in [0.2, 0.25) is 0 Å². The maximum atomic E-state index is 12.1. The second kappa shape index (κ2) is 20.4. The number of benzene rings is 2. The summed E-state index contributed by atoms with van der Waals surface area (Å²) in [6.45, 7) is 0. The molecule has 2 aromatic carbocycles. The zero-order valence-corrected chi connectivity index (χ0v) is 26.7. The van der Waals surface area contributed by atoms with Gasteiger partial charge in [-0.3, -0.25) is 9.59 Å². The summed E-state index contributed by atoms with van der Waals surface area (Å²) >= 11 is 0. The average Bonchev–Trinajstić information content (AvgIpc) is 3.04. The fourth-order valence-electron chi connectivity index (χ4n) is 4.45. The summed E-state index contributed by atoms with van der Waals surface area (Å²) < 4.78 is 31.9. The Morgan fingerprint density at radius 3 is 1.09 bits per heavy atom. The van der Waals surface area contributed by atoms with E-state index in [1.54, 1.807) is 66.9 Å². The highest BCUT2D eigenvalue weighted by Crippen LogP contribution is 2.38. The van der Waals surface area contributed by atoms with Crippen molar-refractivity contribution < 1.29 is 38.0 Å². The van der Waals surface area contributed by atoms with Crippen LogP contribution < -0.4 is 39.3 Å². The molecule has 0 saturated carbocycles. The molecule has 0 bridgehead atoms. The van der Waals surface area contributed by atoms with Gasteiger partial charge in [0.05, 0.1) is 55.1 Å². The van der Waals surface area contributed by atoms with Gasteiger partial charge in [-0.2, -0.15) is 10.2 Å². The Hall–Kier alpha value is -4.48. The first-order chi connectivity index (χ1) is 21.4. The predicted octanol–water partition coefficient (Wildman–Crippen LogP) is 5.24. The molecule has 0 aliphatic heterocycles. The first-order valence-electron chi connectivity index (χ1n) is 14.6. The van der Waals surface area contributed by atoms with Gasteiger partial charge in [-0.1, -0.05) is 38.5 Å². The lowest BCUT2D eigenvalue weighted by molar-refractivity contribution is -0.122. The van der Waals surface area contributed by atoms with Crippen molar-refractivity contribution in [2.24, 2.45) is 10.2 Å². The van der Waals surface area contributed by atoms with Crippen LogP contribution in [0.5, 0.6) is 34.5 Å². The van der Waals surface area contributed by atoms with E-state index in [1.807, 2.05) is 0 Å². The average molecular weight is 615 g/mol. The van der Waals surface area contributed by atoms with Crippen LogP contribution >= 0.6 is 0 Å². The third kappa shape index (κ3) is 12.0. The number of hydrogen-bond donors (Lipinski definition) is 2. The topological polar surface area (TPSA) is 138 Å². The number of carbonyl (C=O) groups excluding carboxylic acids is 2. The van der Waals surface area contributed by atoms with Crippen molar-refractivity contribution in [2.45, 2.75) is 64.2 Å². The molecule has 0 spiro atoms. The van der Waals surface area contributed by atoms with Gasteiger partial charge in [0, 0.05) is 24.0 Å². The van der Waals surface area contributed by atoms with Crippen molar-refractivity contribution in [1.82, 2.24) is 10.9 Å². The van der Waals surface area contributed by atoms with Gasteiger partial charge in [0.15, 0.2) is 23.0 Å². The molecule has 0 radical (unpaired) electrons. The number of nitrogens with one attached hydrogen (secondary N) is 2. The van der Waals surface area contributed by atoms with Crippen molar-refractivity contribution in [3.05, 3.63) is 35.4 Å². The Labute approximate surface area is 260 Å². The highest BCUT2D eigenvalue weighted by atomic mass is 16.5. The second-order valence-corrected chi connectivity index (χ2v) is 9.83. The smallest absolute Gasteiger partial charge is 0.240 e. The van der Waals surface area contributed by atoms with Crippen molar-refractivity contribution in [3.8, 4) is 34.5 Å². The van der Waals surface area contributed by atoms with Gasteiger partial charge < -0.3 is 28.4 Å². The number of ether oxygens (including phenoxy) is 6. The van der Waals surface area contributed by atoms with E-state index in [0.29, 0.717) is 58.5 Å². The number of unbranched alkanes of at least 4 members (excludes halogenated alkanes) is 7. The summed E-state index contributed by atoms with van der Waals surface area (Å²) in [6.07, 6.45) is 11.8. The molecular weight excluding hydrogens is 568 g/mol. The highest BCUT2D eigenvalue weighted by molar-refractivity contribution is 5.85. The molecule has 12 nitrogen and oxygen atoms in total. The van der Waals surface area contributed by atoms with E-state index in [-0.39, 0.29) is 11.8 Å². The van der Waals surface area contributed by atoms with E-state index in [4.69, 9.17) is 28.4 Å². The summed E-state index contributed by atoms with van der Waals surface area (Å²) in [5.74, 6) is 2.80. The maximum absolute atomic E-state index is 12.1. The van der Waals surface area contributed by atoms with Crippen molar-refractivity contribution in [1.29, 1.82) is 0 Å². The molecular formula is C32H46N4O8. The monoisotopic (exact) mass is 614 g/mol. The Morgan fingerprint density at radius 1 is 0.523 bits per heavy atom. The van der Waals surface area contributed by atoms with E-state index >= 15 is 0 Å². The van der Waals surface area contributed by atoms with Crippen LogP contribution in [0.3, 0.4) is 0 Å². The molecule has 0 heterocycles. The molecule has 0 aliphatic carbocycles. The Bertz CT molecular complexity index is 1100. The van der Waals surface area contributed by atoms with E-state index in [0.717, 1.165) is 51.4 Å². The largest absolute Gasteiger partial charge is 0.493 e. The van der Waals surface area contributed by atoms with Crippen LogP contribution in [0.4, 0.5) is 0 Å². The minimum atomic E-state index is -0.125. The summed E-state index contributed by atoms with van der Waals surface area (Å²) in [4.78, 5) is 24.2. The van der Waals surface area contributed by atoms with Crippen LogP contribution in [0.15, 0.2) is 34.5 Å². The van der Waals surface area contributed by atoms with Crippen LogP contribution in [0.25, 0.3) is 0 Å². The second-order valence-electron chi connectivity index (χ2n) is 9.83. The predicted molar refractivity (Wildman–Crippen MR) is 170 cm³/mol. The zero-order chi connectivity index (χ0) is 32.2. The van der Waals surface area contributed by atoms with Gasteiger partial charge in [-0.05, 0) is 37.1 Å². The maximum Gasteiger partial charge on any atom is 0.240 e. The molecule has 2 N–H and O–H groups in total. The molecule has 0 unspecified atom stereocenters. The molecule has 242 valence electrons. The van der Waals surface area contributed by atoms with E-state index < -0.39 is 0 Å². The van der Waals surface area contributed by atoms with Gasteiger partial charge >= 0.3 is 0 Å². The van der Waals surface area contributed by atoms with Crippen molar-refractivity contribution in [2.75, 3.05) is 42.7 Å². The fraction of sp³-hybridized carbons (Fsp3) is 0.500. The molecule has 0 fully saturated rings. The molecule has 0 aromatic heterocycles. The quantitative estimate of drug-likeness (QED) is 0.111. The summed E-state index contributed by atoms with van der Waals surface area (Å²) in [5.41, 5.74) is 6.55. The molecule has 0 saturated heterocycles. The van der Waals surface area contributed by atoms with Crippen molar-refractivity contribution >= 4 is 24.2 Å². The normalized spacial score (nSPS) is 11.0. The number of hydrogen-bond acceptors (Lipinski definition) is 10. The Balaban J connectivity index is 1.54. The molecule has 0 atom stereocenters. The molecule has 2 amide bonds. The lowest BCUT2D eigenvalue weighted by Gasteiger charge is -2.12. The summed E-state index contributed by atoms with van der Waals surface area (Å²) in [7, 11) is 9.25. The van der Waals surface area contributed by atoms with Gasteiger partial charge in [0.25, 0.3) is 0 Å². The number of carbonyl (C=O) groups is 2. The molecule has 0 aliphatic rings. The number of hydrazone groups is 2. The van der Waals surface area contributed by atoms with Crippen LogP contribution in [-0.2, 0) is 9.59 Å². The Morgan fingerprint density at radius 2 is 0.818 bits per heavy atom. The third-order valence-corrected chi connectivity index (χ3v) is 6.74. The number of nitrogens with zero attached hydrogens (tertiary/aromatic N) is 2. The van der Waals surface area contributed by atoms with E-state index in [1.165, 1.54) is 12.4 Å². The summed E-state index contributed by atoms with van der Waals surface area (Å²) in [6, 6.07) is 7.01. The number of rotatable bonds is 21. The van der Waals surface area contributed by atoms with Gasteiger partial charge in [0.1, 0.15) is 0 Å². The summed E-state index contributed by atoms with van der Waals surface area (Å²) in [5, 5.41) is 8.08. The minimum absolute atomic E-state index is 0.125. The molecule has 2 rings (SSSR count). The number of amides is 2. The zero-order valence-electron chi connectivity index (χ0n) is 26.7. The lowest BCUT2D eigenvalue weighted by atomic mass is 10.1. The van der Waals surface area contributed by atoms with E-state index in [2.05, 4.69) is 21.1 Å². The van der Waals surface area contributed by atoms with Crippen LogP contribution in [0, 0.1) is 0 Å². The SMILES string of the molecule is COc1cc(/C=N\NC(=O)CCCCCCCCCCC(=O)N/N=C\c2cc(OC)c(OC)c(OC)c2)cc(OC)c1OC. The Kier molecular flexibility index (Phi) is 16.6. The van der Waals surface area contributed by atoms with Crippen LogP contribution in [0.1, 0.15) is 75.3 Å². The first kappa shape index (κ1) is 35.7. The van der Waals surface area contributed by atoms with Gasteiger partial charge in [0.2, 0.25) is 23.3 Å². The van der Waals surface area contributed by atoms with Crippen LogP contribution in [-0.4, -0.2) is 66.9 Å². The fourth-order valence-corrected chi connectivity index (χ4v) is 4.45. The third-order valence-electron chi connectivity index (χ3n) is 6.74. The van der Waals surface area contributed by atoms with Gasteiger partial charge in [-0.25, -0.2) is 10.9 Å². The standard InChI is InChI=1S/C32H46N4O8/c1-39-25-17-23(18-26(40-2)31(25)43-5)21-33-35-29(37)15-13-11-9-7-8-10-12-14-16-30(38)36-34-22-24-19-27(41-3)32(44-6)28(20-24)42-4/h17-22H,7-16H2,1-6H3,(H,35,37)(H,36,38)/b33-21-,34-22-. The van der Waals surface area contributed by atoms with E-state index in [9.17, 15) is 9.59 Å². The molecule has 12 heteroatoms. The molecule has 2 aromatic rings. The molecule has 44 heavy (non-hydrogen) atoms. The lowest BCUT2D eigenvalue weighted by Crippen LogP contribution is -2.17.